The van der Waals surface area contributed by atoms with Crippen LogP contribution in [0, 0.1) is 0 Å². The second-order valence-corrected chi connectivity index (χ2v) is 6.96. The molecule has 0 atom stereocenters. The summed E-state index contributed by atoms with van der Waals surface area (Å²) in [6.45, 7) is 0.439. The van der Waals surface area contributed by atoms with Crippen molar-refractivity contribution in [2.45, 2.75) is 6.54 Å². The van der Waals surface area contributed by atoms with Crippen LogP contribution in [-0.4, -0.2) is 10.2 Å². The average molecular weight is 399 g/mol. The third-order valence-electron chi connectivity index (χ3n) is 4.43. The SMILES string of the molecule is Oc1c2ccccc2[n+](Cc2ccccc2)c(O)[n+]1-c1ccc(Cl)c(Cl)c1. The van der Waals surface area contributed by atoms with E-state index in [-0.39, 0.29) is 11.9 Å². The van der Waals surface area contributed by atoms with Gasteiger partial charge in [-0.15, -0.1) is 0 Å². The molecule has 4 aromatic rings. The molecule has 0 radical (unpaired) electrons. The van der Waals surface area contributed by atoms with Crippen LogP contribution < -0.4 is 9.13 Å². The fourth-order valence-corrected chi connectivity index (χ4v) is 3.42. The summed E-state index contributed by atoms with van der Waals surface area (Å²) in [7, 11) is 0. The predicted molar refractivity (Wildman–Crippen MR) is 105 cm³/mol. The first-order chi connectivity index (χ1) is 13.1. The van der Waals surface area contributed by atoms with E-state index in [4.69, 9.17) is 23.2 Å². The van der Waals surface area contributed by atoms with Crippen LogP contribution in [0.4, 0.5) is 0 Å². The molecule has 1 heterocycles. The maximum Gasteiger partial charge on any atom is 0.638 e. The molecule has 27 heavy (non-hydrogen) atoms. The van der Waals surface area contributed by atoms with Gasteiger partial charge in [-0.3, -0.25) is 0 Å². The lowest BCUT2D eigenvalue weighted by molar-refractivity contribution is -0.776. The van der Waals surface area contributed by atoms with Crippen molar-refractivity contribution in [1.82, 2.24) is 0 Å². The standard InChI is InChI=1S/C21H14Cl2N2O2/c22-17-11-10-15(12-18(17)23)25-20(26)16-8-4-5-9-19(16)24(21(25)27)13-14-6-2-1-3-7-14/h1-12H,13H2/p+2. The minimum absolute atomic E-state index is 0.0780. The Kier molecular flexibility index (Phi) is 4.60. The van der Waals surface area contributed by atoms with Gasteiger partial charge < -0.3 is 10.2 Å². The van der Waals surface area contributed by atoms with Crippen molar-refractivity contribution < 1.29 is 19.3 Å². The summed E-state index contributed by atoms with van der Waals surface area (Å²) in [6.07, 6.45) is 0. The molecule has 0 fully saturated rings. The lowest BCUT2D eigenvalue weighted by atomic mass is 10.2. The van der Waals surface area contributed by atoms with Gasteiger partial charge in [0.25, 0.3) is 0 Å². The van der Waals surface area contributed by atoms with Crippen molar-refractivity contribution in [3.8, 4) is 17.6 Å². The Bertz CT molecular complexity index is 1150. The van der Waals surface area contributed by atoms with Crippen molar-refractivity contribution in [3.63, 3.8) is 0 Å². The van der Waals surface area contributed by atoms with E-state index in [0.29, 0.717) is 33.2 Å². The number of nitrogens with zero attached hydrogens (tertiary/aromatic N) is 2. The van der Waals surface area contributed by atoms with Gasteiger partial charge in [-0.2, -0.15) is 0 Å². The van der Waals surface area contributed by atoms with Gasteiger partial charge in [0.15, 0.2) is 11.9 Å². The van der Waals surface area contributed by atoms with Gasteiger partial charge in [0.2, 0.25) is 11.2 Å². The van der Waals surface area contributed by atoms with Gasteiger partial charge >= 0.3 is 11.9 Å². The third kappa shape index (κ3) is 3.18. The van der Waals surface area contributed by atoms with Crippen LogP contribution >= 0.6 is 23.2 Å². The highest BCUT2D eigenvalue weighted by atomic mass is 35.5. The molecule has 0 saturated heterocycles. The summed E-state index contributed by atoms with van der Waals surface area (Å²) in [5, 5.41) is 23.2. The Hall–Kier alpha value is -2.82. The van der Waals surface area contributed by atoms with Crippen LogP contribution in [0.3, 0.4) is 0 Å². The van der Waals surface area contributed by atoms with Crippen molar-refractivity contribution in [1.29, 1.82) is 0 Å². The molecular formula is C21H16Cl2N2O2+2. The zero-order chi connectivity index (χ0) is 19.0. The topological polar surface area (TPSA) is 48.2 Å². The number of halogens is 2. The van der Waals surface area contributed by atoms with Crippen molar-refractivity contribution in [2.75, 3.05) is 0 Å². The molecule has 134 valence electrons. The number of para-hydroxylation sites is 1. The van der Waals surface area contributed by atoms with Gasteiger partial charge in [-0.25, -0.2) is 0 Å². The molecule has 6 heteroatoms. The highest BCUT2D eigenvalue weighted by Gasteiger charge is 2.35. The molecule has 0 bridgehead atoms. The van der Waals surface area contributed by atoms with Gasteiger partial charge in [-0.05, 0) is 16.7 Å². The molecule has 0 aliphatic rings. The molecule has 4 nitrogen and oxygen atoms in total. The molecule has 2 N–H and O–H groups in total. The van der Waals surface area contributed by atoms with Crippen LogP contribution in [0.5, 0.6) is 11.9 Å². The lowest BCUT2D eigenvalue weighted by Crippen LogP contribution is -2.47. The normalized spacial score (nSPS) is 11.0. The van der Waals surface area contributed by atoms with E-state index >= 15 is 0 Å². The largest absolute Gasteiger partial charge is 0.638 e. The molecule has 0 unspecified atom stereocenters. The molecule has 1 aromatic heterocycles. The minimum Gasteiger partial charge on any atom is -0.459 e. The zero-order valence-electron chi connectivity index (χ0n) is 14.2. The number of aromatic nitrogens is 2. The first-order valence-corrected chi connectivity index (χ1v) is 9.09. The Morgan fingerprint density at radius 3 is 2.22 bits per heavy atom. The van der Waals surface area contributed by atoms with Crippen molar-refractivity contribution in [2.24, 2.45) is 0 Å². The fourth-order valence-electron chi connectivity index (χ4n) is 3.13. The molecule has 3 aromatic carbocycles. The first kappa shape index (κ1) is 17.6. The van der Waals surface area contributed by atoms with Crippen molar-refractivity contribution in [3.05, 3.63) is 88.4 Å². The van der Waals surface area contributed by atoms with Crippen LogP contribution in [0.25, 0.3) is 16.6 Å². The number of hydrogen-bond acceptors (Lipinski definition) is 2. The smallest absolute Gasteiger partial charge is 0.459 e. The molecule has 0 amide bonds. The van der Waals surface area contributed by atoms with E-state index in [0.717, 1.165) is 5.56 Å². The van der Waals surface area contributed by atoms with Gasteiger partial charge in [0, 0.05) is 23.8 Å². The van der Waals surface area contributed by atoms with Crippen LogP contribution in [0.15, 0.2) is 72.8 Å². The van der Waals surface area contributed by atoms with Crippen LogP contribution in [0.2, 0.25) is 10.0 Å². The Balaban J connectivity index is 2.00. The quantitative estimate of drug-likeness (QED) is 0.508. The van der Waals surface area contributed by atoms with E-state index in [2.05, 4.69) is 0 Å². The Morgan fingerprint density at radius 1 is 0.778 bits per heavy atom. The summed E-state index contributed by atoms with van der Waals surface area (Å²) in [4.78, 5) is 0. The number of aromatic hydroxyl groups is 2. The third-order valence-corrected chi connectivity index (χ3v) is 5.17. The van der Waals surface area contributed by atoms with Gasteiger partial charge in [0.1, 0.15) is 0 Å². The summed E-state index contributed by atoms with van der Waals surface area (Å²) < 4.78 is 3.10. The second-order valence-electron chi connectivity index (χ2n) is 6.15. The molecule has 0 spiro atoms. The van der Waals surface area contributed by atoms with Crippen LogP contribution in [0.1, 0.15) is 5.56 Å². The zero-order valence-corrected chi connectivity index (χ0v) is 15.7. The lowest BCUT2D eigenvalue weighted by Gasteiger charge is -2.05. The summed E-state index contributed by atoms with van der Waals surface area (Å²) >= 11 is 12.2. The van der Waals surface area contributed by atoms with E-state index in [1.807, 2.05) is 48.5 Å². The van der Waals surface area contributed by atoms with Crippen LogP contribution in [-0.2, 0) is 6.54 Å². The van der Waals surface area contributed by atoms with Gasteiger partial charge in [-0.1, -0.05) is 70.2 Å². The summed E-state index contributed by atoms with van der Waals surface area (Å²) in [5.74, 6) is -0.0780. The number of rotatable bonds is 3. The van der Waals surface area contributed by atoms with E-state index in [9.17, 15) is 10.2 Å². The monoisotopic (exact) mass is 398 g/mol. The Morgan fingerprint density at radius 2 is 1.48 bits per heavy atom. The predicted octanol–water partition coefficient (Wildman–Crippen LogP) is 4.17. The molecule has 4 rings (SSSR count). The van der Waals surface area contributed by atoms with E-state index in [1.165, 1.54) is 4.57 Å². The fraction of sp³-hybridized carbons (Fsp3) is 0.0476. The summed E-state index contributed by atoms with van der Waals surface area (Å²) in [5.41, 5.74) is 2.24. The maximum atomic E-state index is 11.0. The molecular weight excluding hydrogens is 383 g/mol. The van der Waals surface area contributed by atoms with E-state index < -0.39 is 0 Å². The van der Waals surface area contributed by atoms with Gasteiger partial charge in [0.05, 0.1) is 10.0 Å². The minimum atomic E-state index is -0.117. The maximum absolute atomic E-state index is 11.0. The van der Waals surface area contributed by atoms with E-state index in [1.54, 1.807) is 28.8 Å². The highest BCUT2D eigenvalue weighted by molar-refractivity contribution is 6.42. The Labute approximate surface area is 166 Å². The number of hydrogen-bond donors (Lipinski definition) is 2. The molecule has 0 aliphatic carbocycles. The number of fused-ring (bicyclic) bond motifs is 1. The number of benzene rings is 3. The summed E-state index contributed by atoms with van der Waals surface area (Å²) in [6, 6.07) is 22.0. The second kappa shape index (κ2) is 7.06. The average Bonchev–Trinajstić information content (AvgIpc) is 2.69. The molecule has 0 saturated carbocycles. The first-order valence-electron chi connectivity index (χ1n) is 8.34. The highest BCUT2D eigenvalue weighted by Crippen LogP contribution is 2.27. The van der Waals surface area contributed by atoms with Crippen molar-refractivity contribution >= 4 is 34.1 Å². The molecule has 0 aliphatic heterocycles.